The van der Waals surface area contributed by atoms with Gasteiger partial charge in [-0.25, -0.2) is 0 Å². The van der Waals surface area contributed by atoms with E-state index in [0.29, 0.717) is 0 Å². The second kappa shape index (κ2) is 13.7. The Morgan fingerprint density at radius 3 is 1.63 bits per heavy atom. The van der Waals surface area contributed by atoms with Crippen LogP contribution in [0.15, 0.2) is 212 Å². The zero-order valence-electron chi connectivity index (χ0n) is 29.6. The van der Waals surface area contributed by atoms with Crippen LogP contribution in [-0.2, 0) is 0 Å². The van der Waals surface area contributed by atoms with Crippen LogP contribution in [0, 0.1) is 0 Å². The number of benzene rings is 9. The van der Waals surface area contributed by atoms with E-state index in [1.165, 1.54) is 75.5 Å². The van der Waals surface area contributed by atoms with Gasteiger partial charge >= 0.3 is 0 Å². The van der Waals surface area contributed by atoms with Crippen LogP contribution in [0.3, 0.4) is 0 Å². The smallest absolute Gasteiger partial charge is 0.0540 e. The molecule has 0 bridgehead atoms. The first kappa shape index (κ1) is 32.0. The van der Waals surface area contributed by atoms with E-state index in [2.05, 4.69) is 217 Å². The van der Waals surface area contributed by atoms with E-state index in [0.717, 1.165) is 17.1 Å². The Hall–Kier alpha value is -6.74. The third-order valence-corrected chi connectivity index (χ3v) is 11.7. The van der Waals surface area contributed by atoms with E-state index < -0.39 is 0 Å². The van der Waals surface area contributed by atoms with Crippen molar-refractivity contribution in [3.05, 3.63) is 212 Å². The van der Waals surface area contributed by atoms with Crippen LogP contribution < -0.4 is 4.90 Å². The summed E-state index contributed by atoms with van der Waals surface area (Å²) in [6.45, 7) is 0. The van der Waals surface area contributed by atoms with Crippen LogP contribution in [0.4, 0.5) is 17.1 Å². The maximum Gasteiger partial charge on any atom is 0.0540 e. The summed E-state index contributed by atoms with van der Waals surface area (Å²) in [6.07, 6.45) is 0. The molecular formula is C52H35NS. The van der Waals surface area contributed by atoms with Gasteiger partial charge in [-0.3, -0.25) is 0 Å². The number of hydrogen-bond donors (Lipinski definition) is 0. The highest BCUT2D eigenvalue weighted by atomic mass is 32.1. The van der Waals surface area contributed by atoms with Crippen LogP contribution in [0.2, 0.25) is 0 Å². The van der Waals surface area contributed by atoms with Crippen LogP contribution in [0.25, 0.3) is 75.5 Å². The Bertz CT molecular complexity index is 2910. The van der Waals surface area contributed by atoms with Gasteiger partial charge in [0, 0.05) is 42.7 Å². The highest BCUT2D eigenvalue weighted by Crippen LogP contribution is 2.45. The van der Waals surface area contributed by atoms with Crippen LogP contribution >= 0.6 is 11.3 Å². The lowest BCUT2D eigenvalue weighted by atomic mass is 9.94. The lowest BCUT2D eigenvalue weighted by Crippen LogP contribution is -2.11. The van der Waals surface area contributed by atoms with E-state index in [1.54, 1.807) is 0 Å². The minimum atomic E-state index is 1.10. The molecule has 1 nitrogen and oxygen atoms in total. The molecule has 10 rings (SSSR count). The van der Waals surface area contributed by atoms with E-state index in [-0.39, 0.29) is 0 Å². The maximum absolute atomic E-state index is 2.39. The number of para-hydroxylation sites is 1. The van der Waals surface area contributed by atoms with Crippen molar-refractivity contribution < 1.29 is 0 Å². The number of hydrogen-bond acceptors (Lipinski definition) is 2. The van der Waals surface area contributed by atoms with Gasteiger partial charge in [0.05, 0.1) is 5.69 Å². The first-order chi connectivity index (χ1) is 26.8. The SMILES string of the molecule is c1ccc(-c2ccc(N(c3ccc(-c4cc(-c5ccc6ccccc6c5)cc5c4sc4ccccc45)cc3)c3ccccc3-c3ccccc3)cc2)cc1. The predicted octanol–water partition coefficient (Wildman–Crippen LogP) is 15.3. The largest absolute Gasteiger partial charge is 0.310 e. The van der Waals surface area contributed by atoms with E-state index in [4.69, 9.17) is 0 Å². The molecule has 0 fully saturated rings. The number of rotatable bonds is 7. The van der Waals surface area contributed by atoms with E-state index >= 15 is 0 Å². The number of nitrogens with zero attached hydrogens (tertiary/aromatic N) is 1. The molecule has 0 aliphatic heterocycles. The summed E-state index contributed by atoms with van der Waals surface area (Å²) in [6, 6.07) is 77.1. The minimum absolute atomic E-state index is 1.10. The average molecular weight is 706 g/mol. The van der Waals surface area contributed by atoms with Gasteiger partial charge in [-0.1, -0.05) is 158 Å². The summed E-state index contributed by atoms with van der Waals surface area (Å²) in [5.74, 6) is 0. The Morgan fingerprint density at radius 1 is 0.315 bits per heavy atom. The summed E-state index contributed by atoms with van der Waals surface area (Å²) < 4.78 is 2.62. The Labute approximate surface area is 319 Å². The summed E-state index contributed by atoms with van der Waals surface area (Å²) in [5.41, 5.74) is 13.0. The molecule has 1 aromatic heterocycles. The molecule has 0 saturated heterocycles. The van der Waals surface area contributed by atoms with Crippen molar-refractivity contribution in [2.24, 2.45) is 0 Å². The van der Waals surface area contributed by atoms with Crippen molar-refractivity contribution in [3.63, 3.8) is 0 Å². The second-order valence-corrected chi connectivity index (χ2v) is 14.8. The van der Waals surface area contributed by atoms with Gasteiger partial charge in [0.25, 0.3) is 0 Å². The molecule has 54 heavy (non-hydrogen) atoms. The van der Waals surface area contributed by atoms with Crippen LogP contribution in [0.5, 0.6) is 0 Å². The van der Waals surface area contributed by atoms with E-state index in [1.807, 2.05) is 11.3 Å². The van der Waals surface area contributed by atoms with Gasteiger partial charge in [-0.05, 0) is 98.8 Å². The summed E-state index contributed by atoms with van der Waals surface area (Å²) in [4.78, 5) is 2.39. The van der Waals surface area contributed by atoms with Gasteiger partial charge in [0.2, 0.25) is 0 Å². The molecule has 0 amide bonds. The monoisotopic (exact) mass is 705 g/mol. The summed E-state index contributed by atoms with van der Waals surface area (Å²) in [5, 5.41) is 5.12. The average Bonchev–Trinajstić information content (AvgIpc) is 3.63. The van der Waals surface area contributed by atoms with E-state index in [9.17, 15) is 0 Å². The molecule has 9 aromatic carbocycles. The molecule has 0 atom stereocenters. The summed E-state index contributed by atoms with van der Waals surface area (Å²) in [7, 11) is 0. The zero-order chi connectivity index (χ0) is 35.8. The molecule has 0 saturated carbocycles. The van der Waals surface area contributed by atoms with Crippen molar-refractivity contribution in [2.75, 3.05) is 4.90 Å². The fourth-order valence-electron chi connectivity index (χ4n) is 7.76. The molecule has 0 radical (unpaired) electrons. The first-order valence-corrected chi connectivity index (χ1v) is 19.2. The van der Waals surface area contributed by atoms with Crippen molar-refractivity contribution in [1.82, 2.24) is 0 Å². The minimum Gasteiger partial charge on any atom is -0.310 e. The van der Waals surface area contributed by atoms with Crippen molar-refractivity contribution in [3.8, 4) is 44.5 Å². The third kappa shape index (κ3) is 5.84. The Kier molecular flexibility index (Phi) is 8.09. The van der Waals surface area contributed by atoms with Crippen LogP contribution in [0.1, 0.15) is 0 Å². The number of fused-ring (bicyclic) bond motifs is 4. The molecule has 254 valence electrons. The fraction of sp³-hybridized carbons (Fsp3) is 0. The topological polar surface area (TPSA) is 3.24 Å². The highest BCUT2D eigenvalue weighted by molar-refractivity contribution is 7.26. The molecule has 1 heterocycles. The van der Waals surface area contributed by atoms with Crippen LogP contribution in [-0.4, -0.2) is 0 Å². The van der Waals surface area contributed by atoms with Gasteiger partial charge in [-0.2, -0.15) is 0 Å². The molecule has 0 spiro atoms. The van der Waals surface area contributed by atoms with Crippen molar-refractivity contribution in [2.45, 2.75) is 0 Å². The fourth-order valence-corrected chi connectivity index (χ4v) is 8.98. The Balaban J connectivity index is 1.12. The molecule has 0 aliphatic rings. The standard InChI is InChI=1S/C52H35NS/c1-3-13-36(14-4-1)38-25-29-44(30-26-38)53(50-21-11-9-19-46(50)39-16-5-2-6-17-39)45-31-27-40(28-32-45)48-34-43(42-24-23-37-15-7-8-18-41(37)33-42)35-49-47-20-10-12-22-51(47)54-52(48)49/h1-35H. The summed E-state index contributed by atoms with van der Waals surface area (Å²) >= 11 is 1.88. The first-order valence-electron chi connectivity index (χ1n) is 18.4. The van der Waals surface area contributed by atoms with Gasteiger partial charge in [-0.15, -0.1) is 11.3 Å². The number of thiophene rings is 1. The lowest BCUT2D eigenvalue weighted by Gasteiger charge is -2.28. The quantitative estimate of drug-likeness (QED) is 0.160. The zero-order valence-corrected chi connectivity index (χ0v) is 30.4. The van der Waals surface area contributed by atoms with Crippen molar-refractivity contribution in [1.29, 1.82) is 0 Å². The second-order valence-electron chi connectivity index (χ2n) is 13.7. The van der Waals surface area contributed by atoms with Gasteiger partial charge in [0.15, 0.2) is 0 Å². The van der Waals surface area contributed by atoms with Gasteiger partial charge in [0.1, 0.15) is 0 Å². The molecule has 0 N–H and O–H groups in total. The van der Waals surface area contributed by atoms with Crippen molar-refractivity contribution >= 4 is 59.3 Å². The molecule has 0 aliphatic carbocycles. The number of anilines is 3. The normalized spacial score (nSPS) is 11.3. The molecule has 10 aromatic rings. The molecule has 0 unspecified atom stereocenters. The highest BCUT2D eigenvalue weighted by Gasteiger charge is 2.19. The third-order valence-electron chi connectivity index (χ3n) is 10.5. The lowest BCUT2D eigenvalue weighted by molar-refractivity contribution is 1.28. The molecular weight excluding hydrogens is 671 g/mol. The Morgan fingerprint density at radius 2 is 0.870 bits per heavy atom. The predicted molar refractivity (Wildman–Crippen MR) is 233 cm³/mol. The molecule has 2 heteroatoms. The maximum atomic E-state index is 2.39. The van der Waals surface area contributed by atoms with Gasteiger partial charge < -0.3 is 4.90 Å².